The fourth-order valence-corrected chi connectivity index (χ4v) is 3.91. The third kappa shape index (κ3) is 4.42. The summed E-state index contributed by atoms with van der Waals surface area (Å²) in [4.78, 5) is 50.3. The lowest BCUT2D eigenvalue weighted by Crippen LogP contribution is -2.40. The van der Waals surface area contributed by atoms with Crippen LogP contribution < -0.4 is 10.9 Å². The Hall–Kier alpha value is -3.86. The van der Waals surface area contributed by atoms with Crippen LogP contribution in [0.4, 0.5) is 9.18 Å². The van der Waals surface area contributed by atoms with Crippen LogP contribution in [0, 0.1) is 5.82 Å². The maximum absolute atomic E-state index is 13.8. The second-order valence-corrected chi connectivity index (χ2v) is 7.77. The largest absolute Gasteiger partial charge is 0.353 e. The third-order valence-corrected chi connectivity index (χ3v) is 5.55. The average molecular weight is 453 g/mol. The highest BCUT2D eigenvalue weighted by Crippen LogP contribution is 2.32. The summed E-state index contributed by atoms with van der Waals surface area (Å²) < 4.78 is 14.7. The summed E-state index contributed by atoms with van der Waals surface area (Å²) in [5, 5.41) is 10.0. The highest BCUT2D eigenvalue weighted by Gasteiger charge is 2.34. The number of benzene rings is 2. The first-order chi connectivity index (χ1) is 15.4. The van der Waals surface area contributed by atoms with E-state index in [0.717, 1.165) is 9.58 Å². The number of imide groups is 1. The number of fused-ring (bicyclic) bond motifs is 1. The van der Waals surface area contributed by atoms with Crippen molar-refractivity contribution >= 4 is 45.8 Å². The Morgan fingerprint density at radius 2 is 1.84 bits per heavy atom. The Bertz CT molecular complexity index is 1320. The number of nitrogens with zero attached hydrogens (tertiary/aromatic N) is 4. The summed E-state index contributed by atoms with van der Waals surface area (Å²) in [5.74, 6) is -1.58. The number of thioether (sulfide) groups is 1. The van der Waals surface area contributed by atoms with Gasteiger partial charge in [0.25, 0.3) is 16.7 Å². The predicted octanol–water partition coefficient (Wildman–Crippen LogP) is 1.78. The Morgan fingerprint density at radius 3 is 2.66 bits per heavy atom. The second-order valence-electron chi connectivity index (χ2n) is 6.77. The molecule has 0 spiro atoms. The van der Waals surface area contributed by atoms with Crippen molar-refractivity contribution in [1.29, 1.82) is 0 Å². The van der Waals surface area contributed by atoms with Gasteiger partial charge in [-0.05, 0) is 36.0 Å². The van der Waals surface area contributed by atoms with Gasteiger partial charge in [-0.2, -0.15) is 0 Å². The van der Waals surface area contributed by atoms with Gasteiger partial charge in [-0.1, -0.05) is 35.5 Å². The van der Waals surface area contributed by atoms with Crippen LogP contribution in [0.1, 0.15) is 5.56 Å². The lowest BCUT2D eigenvalue weighted by molar-refractivity contribution is -0.124. The van der Waals surface area contributed by atoms with Crippen molar-refractivity contribution in [3.63, 3.8) is 0 Å². The zero-order valence-corrected chi connectivity index (χ0v) is 17.3. The molecule has 3 amide bonds. The highest BCUT2D eigenvalue weighted by atomic mass is 32.2. The summed E-state index contributed by atoms with van der Waals surface area (Å²) in [6, 6.07) is 12.6. The summed E-state index contributed by atoms with van der Waals surface area (Å²) in [5.41, 5.74) is 0.181. The van der Waals surface area contributed by atoms with Gasteiger partial charge in [0.1, 0.15) is 17.9 Å². The number of nitrogens with one attached hydrogen (secondary N) is 1. The average Bonchev–Trinajstić information content (AvgIpc) is 3.05. The number of aromatic nitrogens is 3. The van der Waals surface area contributed by atoms with E-state index in [9.17, 15) is 23.6 Å². The fraction of sp³-hybridized carbons (Fsp3) is 0.143. The molecule has 3 aromatic rings. The van der Waals surface area contributed by atoms with Gasteiger partial charge in [0.15, 0.2) is 0 Å². The summed E-state index contributed by atoms with van der Waals surface area (Å²) in [6.07, 6.45) is 1.32. The van der Waals surface area contributed by atoms with E-state index in [1.165, 1.54) is 24.3 Å². The van der Waals surface area contributed by atoms with Gasteiger partial charge in [-0.3, -0.25) is 24.1 Å². The first-order valence-electron chi connectivity index (χ1n) is 9.53. The van der Waals surface area contributed by atoms with Crippen molar-refractivity contribution in [3.8, 4) is 0 Å². The van der Waals surface area contributed by atoms with Gasteiger partial charge in [-0.25, -0.2) is 9.07 Å². The topological polar surface area (TPSA) is 114 Å². The van der Waals surface area contributed by atoms with Crippen LogP contribution >= 0.6 is 11.8 Å². The van der Waals surface area contributed by atoms with E-state index in [2.05, 4.69) is 15.6 Å². The zero-order valence-electron chi connectivity index (χ0n) is 16.5. The van der Waals surface area contributed by atoms with Gasteiger partial charge in [0.2, 0.25) is 5.91 Å². The molecule has 0 saturated carbocycles. The Labute approximate surface area is 184 Å². The van der Waals surface area contributed by atoms with E-state index in [-0.39, 0.29) is 30.1 Å². The molecule has 1 aliphatic heterocycles. The molecule has 11 heteroatoms. The molecule has 2 heterocycles. The fourth-order valence-electron chi connectivity index (χ4n) is 3.05. The third-order valence-electron chi connectivity index (χ3n) is 4.65. The van der Waals surface area contributed by atoms with Gasteiger partial charge < -0.3 is 5.32 Å². The van der Waals surface area contributed by atoms with E-state index < -0.39 is 28.4 Å². The number of amides is 3. The van der Waals surface area contributed by atoms with Crippen LogP contribution in [0.2, 0.25) is 0 Å². The maximum Gasteiger partial charge on any atom is 0.293 e. The molecule has 0 atom stereocenters. The van der Waals surface area contributed by atoms with Gasteiger partial charge >= 0.3 is 0 Å². The zero-order chi connectivity index (χ0) is 22.7. The number of hydrogen-bond acceptors (Lipinski definition) is 7. The molecule has 1 saturated heterocycles. The van der Waals surface area contributed by atoms with Crippen LogP contribution in [-0.4, -0.2) is 50.0 Å². The molecular formula is C21H16FN5O4S. The Morgan fingerprint density at radius 1 is 1.09 bits per heavy atom. The molecule has 1 aliphatic rings. The van der Waals surface area contributed by atoms with Crippen LogP contribution in [0.15, 0.2) is 58.2 Å². The smallest absolute Gasteiger partial charge is 0.293 e. The number of rotatable bonds is 6. The standard InChI is InChI=1S/C21H16FN5O4S/c22-15-7-3-1-5-13(15)11-17-20(30)26(21(31)32-17)10-9-23-18(28)12-27-19(29)14-6-2-4-8-16(14)24-25-27/h1-8,11H,9-10,12H2,(H,23,28)/b17-11-. The van der Waals surface area contributed by atoms with Crippen LogP contribution in [0.5, 0.6) is 0 Å². The van der Waals surface area contributed by atoms with Gasteiger partial charge in [0, 0.05) is 18.7 Å². The minimum Gasteiger partial charge on any atom is -0.353 e. The molecular weight excluding hydrogens is 437 g/mol. The second kappa shape index (κ2) is 9.10. The molecule has 0 bridgehead atoms. The highest BCUT2D eigenvalue weighted by molar-refractivity contribution is 8.18. The molecule has 162 valence electrons. The van der Waals surface area contributed by atoms with Crippen LogP contribution in [0.3, 0.4) is 0 Å². The minimum absolute atomic E-state index is 0.0143. The first-order valence-corrected chi connectivity index (χ1v) is 10.3. The number of halogens is 1. The summed E-state index contributed by atoms with van der Waals surface area (Å²) in [7, 11) is 0. The van der Waals surface area contributed by atoms with E-state index in [1.807, 2.05) is 0 Å². The molecule has 32 heavy (non-hydrogen) atoms. The van der Waals surface area contributed by atoms with Crippen molar-refractivity contribution < 1.29 is 18.8 Å². The maximum atomic E-state index is 13.8. The lowest BCUT2D eigenvalue weighted by atomic mass is 10.2. The van der Waals surface area contributed by atoms with E-state index in [1.54, 1.807) is 30.3 Å². The van der Waals surface area contributed by atoms with Crippen molar-refractivity contribution in [2.45, 2.75) is 6.54 Å². The number of hydrogen-bond donors (Lipinski definition) is 1. The monoisotopic (exact) mass is 453 g/mol. The normalized spacial score (nSPS) is 15.0. The molecule has 1 fully saturated rings. The van der Waals surface area contributed by atoms with E-state index in [0.29, 0.717) is 22.7 Å². The predicted molar refractivity (Wildman–Crippen MR) is 116 cm³/mol. The molecule has 2 aromatic carbocycles. The minimum atomic E-state index is -0.561. The van der Waals surface area contributed by atoms with Gasteiger partial charge in [-0.15, -0.1) is 5.10 Å². The molecule has 0 unspecified atom stereocenters. The van der Waals surface area contributed by atoms with E-state index in [4.69, 9.17) is 0 Å². The van der Waals surface area contributed by atoms with E-state index >= 15 is 0 Å². The van der Waals surface area contributed by atoms with Crippen molar-refractivity contribution in [2.75, 3.05) is 13.1 Å². The molecule has 0 radical (unpaired) electrons. The summed E-state index contributed by atoms with van der Waals surface area (Å²) >= 11 is 0.705. The molecule has 1 N–H and O–H groups in total. The quantitative estimate of drug-likeness (QED) is 0.566. The Kier molecular flexibility index (Phi) is 6.08. The van der Waals surface area contributed by atoms with Gasteiger partial charge in [0.05, 0.1) is 10.3 Å². The first kappa shape index (κ1) is 21.4. The van der Waals surface area contributed by atoms with Crippen LogP contribution in [0.25, 0.3) is 17.0 Å². The molecule has 0 aliphatic carbocycles. The van der Waals surface area contributed by atoms with Crippen molar-refractivity contribution in [2.24, 2.45) is 0 Å². The van der Waals surface area contributed by atoms with Crippen molar-refractivity contribution in [3.05, 3.63) is 75.2 Å². The molecule has 9 nitrogen and oxygen atoms in total. The number of carbonyl (C=O) groups is 3. The number of carbonyl (C=O) groups excluding carboxylic acids is 3. The summed E-state index contributed by atoms with van der Waals surface area (Å²) in [6.45, 7) is -0.436. The van der Waals surface area contributed by atoms with Crippen molar-refractivity contribution in [1.82, 2.24) is 25.2 Å². The SMILES string of the molecule is O=C(Cn1nnc2ccccc2c1=O)NCCN1C(=O)S/C(=C\c2ccccc2F)C1=O. The van der Waals surface area contributed by atoms with Crippen LogP contribution in [-0.2, 0) is 16.1 Å². The molecule has 4 rings (SSSR count). The Balaban J connectivity index is 1.35. The lowest BCUT2D eigenvalue weighted by Gasteiger charge is -2.13. The molecule has 1 aromatic heterocycles.